The zero-order valence-corrected chi connectivity index (χ0v) is 11.6. The number of rotatable bonds is 3. The van der Waals surface area contributed by atoms with Gasteiger partial charge in [-0.2, -0.15) is 4.98 Å². The SMILES string of the molecule is CCc1nc(-c2ccc3c(c2)CC[C@H]3NC(C)=O)no1. The van der Waals surface area contributed by atoms with E-state index in [2.05, 4.69) is 27.6 Å². The predicted octanol–water partition coefficient (Wildman–Crippen LogP) is 2.42. The molecule has 5 heteroatoms. The van der Waals surface area contributed by atoms with Crippen LogP contribution in [0.1, 0.15) is 43.3 Å². The molecule has 0 saturated carbocycles. The molecule has 1 N–H and O–H groups in total. The number of nitrogens with one attached hydrogen (secondary N) is 1. The highest BCUT2D eigenvalue weighted by Crippen LogP contribution is 2.33. The average Bonchev–Trinajstić information content (AvgIpc) is 3.05. The van der Waals surface area contributed by atoms with Gasteiger partial charge in [0.15, 0.2) is 0 Å². The summed E-state index contributed by atoms with van der Waals surface area (Å²) in [6.07, 6.45) is 2.65. The molecule has 0 fully saturated rings. The first-order valence-corrected chi connectivity index (χ1v) is 6.90. The van der Waals surface area contributed by atoms with Gasteiger partial charge in [0.25, 0.3) is 0 Å². The zero-order chi connectivity index (χ0) is 14.1. The van der Waals surface area contributed by atoms with Gasteiger partial charge in [-0.05, 0) is 30.0 Å². The number of hydrogen-bond acceptors (Lipinski definition) is 4. The normalized spacial score (nSPS) is 17.0. The molecular weight excluding hydrogens is 254 g/mol. The first-order chi connectivity index (χ1) is 9.67. The van der Waals surface area contributed by atoms with Crippen molar-refractivity contribution in [2.24, 2.45) is 0 Å². The second kappa shape index (κ2) is 5.07. The number of amides is 1. The van der Waals surface area contributed by atoms with Crippen molar-refractivity contribution in [2.75, 3.05) is 0 Å². The Morgan fingerprint density at radius 3 is 3.05 bits per heavy atom. The van der Waals surface area contributed by atoms with Crippen molar-refractivity contribution >= 4 is 5.91 Å². The van der Waals surface area contributed by atoms with E-state index in [9.17, 15) is 4.79 Å². The van der Waals surface area contributed by atoms with Crippen LogP contribution in [-0.4, -0.2) is 16.0 Å². The van der Waals surface area contributed by atoms with E-state index >= 15 is 0 Å². The third-order valence-electron chi connectivity index (χ3n) is 3.63. The summed E-state index contributed by atoms with van der Waals surface area (Å²) in [5.41, 5.74) is 3.42. The predicted molar refractivity (Wildman–Crippen MR) is 74.0 cm³/mol. The van der Waals surface area contributed by atoms with Gasteiger partial charge in [-0.1, -0.05) is 24.2 Å². The molecule has 1 aromatic heterocycles. The third kappa shape index (κ3) is 2.31. The summed E-state index contributed by atoms with van der Waals surface area (Å²) in [7, 11) is 0. The summed E-state index contributed by atoms with van der Waals surface area (Å²) >= 11 is 0. The number of carbonyl (C=O) groups excluding carboxylic acids is 1. The van der Waals surface area contributed by atoms with Gasteiger partial charge in [-0.3, -0.25) is 4.79 Å². The second-order valence-corrected chi connectivity index (χ2v) is 5.07. The van der Waals surface area contributed by atoms with Gasteiger partial charge in [-0.15, -0.1) is 0 Å². The molecule has 2 aromatic rings. The number of hydrogen-bond donors (Lipinski definition) is 1. The maximum Gasteiger partial charge on any atom is 0.226 e. The molecule has 0 saturated heterocycles. The van der Waals surface area contributed by atoms with Crippen molar-refractivity contribution in [2.45, 2.75) is 39.2 Å². The molecule has 1 heterocycles. The maximum absolute atomic E-state index is 11.2. The van der Waals surface area contributed by atoms with Crippen molar-refractivity contribution in [1.29, 1.82) is 0 Å². The van der Waals surface area contributed by atoms with Crippen LogP contribution in [0.5, 0.6) is 0 Å². The lowest BCUT2D eigenvalue weighted by atomic mass is 10.0. The van der Waals surface area contributed by atoms with E-state index < -0.39 is 0 Å². The molecule has 5 nitrogen and oxygen atoms in total. The van der Waals surface area contributed by atoms with Crippen molar-refractivity contribution in [3.63, 3.8) is 0 Å². The van der Waals surface area contributed by atoms with Crippen molar-refractivity contribution in [3.05, 3.63) is 35.2 Å². The highest BCUT2D eigenvalue weighted by atomic mass is 16.5. The lowest BCUT2D eigenvalue weighted by Gasteiger charge is -2.12. The summed E-state index contributed by atoms with van der Waals surface area (Å²) in [5.74, 6) is 1.29. The molecule has 0 radical (unpaired) electrons. The molecule has 0 unspecified atom stereocenters. The Morgan fingerprint density at radius 1 is 1.50 bits per heavy atom. The Kier molecular flexibility index (Phi) is 3.26. The first kappa shape index (κ1) is 12.8. The minimum absolute atomic E-state index is 0.0117. The fraction of sp³-hybridized carbons (Fsp3) is 0.400. The van der Waals surface area contributed by atoms with E-state index in [1.54, 1.807) is 6.92 Å². The highest BCUT2D eigenvalue weighted by molar-refractivity contribution is 5.73. The summed E-state index contributed by atoms with van der Waals surface area (Å²) in [5, 5.41) is 6.98. The van der Waals surface area contributed by atoms with Gasteiger partial charge in [-0.25, -0.2) is 0 Å². The molecule has 1 aliphatic carbocycles. The molecular formula is C15H17N3O2. The van der Waals surface area contributed by atoms with Crippen LogP contribution >= 0.6 is 0 Å². The Morgan fingerprint density at radius 2 is 2.35 bits per heavy atom. The van der Waals surface area contributed by atoms with Gasteiger partial charge in [0.05, 0.1) is 6.04 Å². The van der Waals surface area contributed by atoms with E-state index in [1.807, 2.05) is 13.0 Å². The summed E-state index contributed by atoms with van der Waals surface area (Å²) < 4.78 is 5.14. The Balaban J connectivity index is 1.89. The topological polar surface area (TPSA) is 68.0 Å². The number of aryl methyl sites for hydroxylation is 2. The minimum atomic E-state index is 0.0117. The molecule has 0 spiro atoms. The summed E-state index contributed by atoms with van der Waals surface area (Å²) in [4.78, 5) is 15.5. The lowest BCUT2D eigenvalue weighted by Crippen LogP contribution is -2.24. The van der Waals surface area contributed by atoms with E-state index in [4.69, 9.17) is 4.52 Å². The fourth-order valence-corrected chi connectivity index (χ4v) is 2.67. The first-order valence-electron chi connectivity index (χ1n) is 6.90. The summed E-state index contributed by atoms with van der Waals surface area (Å²) in [6, 6.07) is 6.28. The van der Waals surface area contributed by atoms with Crippen LogP contribution in [0.3, 0.4) is 0 Å². The van der Waals surface area contributed by atoms with E-state index in [0.717, 1.165) is 24.8 Å². The van der Waals surface area contributed by atoms with Crippen LogP contribution in [-0.2, 0) is 17.6 Å². The Bertz CT molecular complexity index is 648. The van der Waals surface area contributed by atoms with Gasteiger partial charge in [0.1, 0.15) is 0 Å². The van der Waals surface area contributed by atoms with Crippen molar-refractivity contribution < 1.29 is 9.32 Å². The van der Waals surface area contributed by atoms with Gasteiger partial charge in [0, 0.05) is 18.9 Å². The number of carbonyl (C=O) groups is 1. The average molecular weight is 271 g/mol. The zero-order valence-electron chi connectivity index (χ0n) is 11.6. The number of aromatic nitrogens is 2. The molecule has 1 amide bonds. The molecule has 20 heavy (non-hydrogen) atoms. The number of nitrogens with zero attached hydrogens (tertiary/aromatic N) is 2. The van der Waals surface area contributed by atoms with Crippen LogP contribution in [0.25, 0.3) is 11.4 Å². The number of fused-ring (bicyclic) bond motifs is 1. The van der Waals surface area contributed by atoms with Crippen LogP contribution in [0.15, 0.2) is 22.7 Å². The smallest absolute Gasteiger partial charge is 0.226 e. The molecule has 104 valence electrons. The monoisotopic (exact) mass is 271 g/mol. The van der Waals surface area contributed by atoms with E-state index in [0.29, 0.717) is 11.7 Å². The van der Waals surface area contributed by atoms with Gasteiger partial charge < -0.3 is 9.84 Å². The largest absolute Gasteiger partial charge is 0.350 e. The van der Waals surface area contributed by atoms with Crippen LogP contribution in [0.2, 0.25) is 0 Å². The standard InChI is InChI=1S/C15H17N3O2/c1-3-14-17-15(18-20-14)11-4-6-12-10(8-11)5-7-13(12)16-9(2)19/h4,6,8,13H,3,5,7H2,1-2H3,(H,16,19)/t13-/m1/s1. The minimum Gasteiger partial charge on any atom is -0.350 e. The molecule has 1 aliphatic rings. The van der Waals surface area contributed by atoms with E-state index in [-0.39, 0.29) is 11.9 Å². The second-order valence-electron chi connectivity index (χ2n) is 5.07. The van der Waals surface area contributed by atoms with Crippen molar-refractivity contribution in [3.8, 4) is 11.4 Å². The maximum atomic E-state index is 11.2. The molecule has 3 rings (SSSR count). The summed E-state index contributed by atoms with van der Waals surface area (Å²) in [6.45, 7) is 3.54. The molecule has 0 bridgehead atoms. The fourth-order valence-electron chi connectivity index (χ4n) is 2.67. The Hall–Kier alpha value is -2.17. The third-order valence-corrected chi connectivity index (χ3v) is 3.63. The number of benzene rings is 1. The highest BCUT2D eigenvalue weighted by Gasteiger charge is 2.23. The lowest BCUT2D eigenvalue weighted by molar-refractivity contribution is -0.119. The van der Waals surface area contributed by atoms with Gasteiger partial charge >= 0.3 is 0 Å². The van der Waals surface area contributed by atoms with E-state index in [1.165, 1.54) is 11.1 Å². The van der Waals surface area contributed by atoms with Crippen LogP contribution in [0, 0.1) is 0 Å². The van der Waals surface area contributed by atoms with Crippen LogP contribution < -0.4 is 5.32 Å². The molecule has 0 aliphatic heterocycles. The van der Waals surface area contributed by atoms with Gasteiger partial charge in [0.2, 0.25) is 17.6 Å². The molecule has 1 atom stereocenters. The quantitative estimate of drug-likeness (QED) is 0.931. The molecule has 1 aromatic carbocycles. The van der Waals surface area contributed by atoms with Crippen molar-refractivity contribution in [1.82, 2.24) is 15.5 Å². The Labute approximate surface area is 117 Å². The van der Waals surface area contributed by atoms with Crippen LogP contribution in [0.4, 0.5) is 0 Å².